The van der Waals surface area contributed by atoms with Crippen molar-refractivity contribution in [2.45, 2.75) is 19.8 Å². The van der Waals surface area contributed by atoms with Crippen LogP contribution >= 0.6 is 0 Å². The molecule has 1 aromatic heterocycles. The van der Waals surface area contributed by atoms with Crippen LogP contribution in [0.15, 0.2) is 46.9 Å². The highest BCUT2D eigenvalue weighted by Crippen LogP contribution is 2.34. The molecule has 3 aromatic rings. The van der Waals surface area contributed by atoms with Gasteiger partial charge in [-0.15, -0.1) is 0 Å². The van der Waals surface area contributed by atoms with E-state index in [4.69, 9.17) is 4.42 Å². The standard InChI is InChI=1S/C18H16N2O2/c1-11-6-9-15-16(10-11)22-18(20-15)13-4-2-3-5-14(13)19-17(21)12-7-8-12/h2-6,9-10,12H,7-8H2,1H3,(H,19,21). The molecule has 1 N–H and O–H groups in total. The fourth-order valence-corrected chi connectivity index (χ4v) is 2.51. The molecule has 1 aliphatic carbocycles. The largest absolute Gasteiger partial charge is 0.436 e. The predicted molar refractivity (Wildman–Crippen MR) is 85.5 cm³/mol. The third kappa shape index (κ3) is 2.37. The topological polar surface area (TPSA) is 55.1 Å². The minimum atomic E-state index is 0.0828. The first-order valence-corrected chi connectivity index (χ1v) is 7.48. The molecule has 0 unspecified atom stereocenters. The van der Waals surface area contributed by atoms with E-state index >= 15 is 0 Å². The van der Waals surface area contributed by atoms with Crippen molar-refractivity contribution in [2.75, 3.05) is 5.32 Å². The first kappa shape index (κ1) is 13.1. The molecule has 1 fully saturated rings. The molecule has 0 spiro atoms. The second-order valence-electron chi connectivity index (χ2n) is 5.80. The molecule has 4 heteroatoms. The maximum absolute atomic E-state index is 12.0. The van der Waals surface area contributed by atoms with Gasteiger partial charge in [-0.05, 0) is 49.6 Å². The van der Waals surface area contributed by atoms with Gasteiger partial charge in [-0.25, -0.2) is 4.98 Å². The number of aromatic nitrogens is 1. The second-order valence-corrected chi connectivity index (χ2v) is 5.80. The summed E-state index contributed by atoms with van der Waals surface area (Å²) in [6.07, 6.45) is 1.96. The molecule has 4 nitrogen and oxygen atoms in total. The van der Waals surface area contributed by atoms with E-state index in [9.17, 15) is 4.79 Å². The van der Waals surface area contributed by atoms with E-state index in [2.05, 4.69) is 10.3 Å². The number of hydrogen-bond donors (Lipinski definition) is 1. The van der Waals surface area contributed by atoms with E-state index in [0.29, 0.717) is 5.89 Å². The number of nitrogens with one attached hydrogen (secondary N) is 1. The highest BCUT2D eigenvalue weighted by Gasteiger charge is 2.30. The van der Waals surface area contributed by atoms with Crippen LogP contribution in [-0.4, -0.2) is 10.9 Å². The summed E-state index contributed by atoms with van der Waals surface area (Å²) in [5.41, 5.74) is 4.28. The van der Waals surface area contributed by atoms with Crippen LogP contribution < -0.4 is 5.32 Å². The number of nitrogens with zero attached hydrogens (tertiary/aromatic N) is 1. The van der Waals surface area contributed by atoms with Crippen LogP contribution in [0.2, 0.25) is 0 Å². The summed E-state index contributed by atoms with van der Waals surface area (Å²) in [5.74, 6) is 0.783. The molecule has 0 bridgehead atoms. The van der Waals surface area contributed by atoms with Crippen LogP contribution in [0.25, 0.3) is 22.6 Å². The molecule has 1 heterocycles. The van der Waals surface area contributed by atoms with Gasteiger partial charge in [0.25, 0.3) is 0 Å². The number of carbonyl (C=O) groups excluding carboxylic acids is 1. The first-order chi connectivity index (χ1) is 10.7. The van der Waals surface area contributed by atoms with Crippen molar-refractivity contribution in [2.24, 2.45) is 5.92 Å². The van der Waals surface area contributed by atoms with Crippen molar-refractivity contribution < 1.29 is 9.21 Å². The number of oxazole rings is 1. The normalized spacial score (nSPS) is 14.2. The van der Waals surface area contributed by atoms with Gasteiger partial charge in [0.1, 0.15) is 5.52 Å². The molecule has 0 aliphatic heterocycles. The molecular weight excluding hydrogens is 276 g/mol. The number of hydrogen-bond acceptors (Lipinski definition) is 3. The summed E-state index contributed by atoms with van der Waals surface area (Å²) < 4.78 is 5.87. The number of aryl methyl sites for hydroxylation is 1. The summed E-state index contributed by atoms with van der Waals surface area (Å²) in [5, 5.41) is 2.99. The Labute approximate surface area is 128 Å². The first-order valence-electron chi connectivity index (χ1n) is 7.48. The van der Waals surface area contributed by atoms with Crippen molar-refractivity contribution in [1.82, 2.24) is 4.98 Å². The maximum atomic E-state index is 12.0. The van der Waals surface area contributed by atoms with Crippen LogP contribution in [0.4, 0.5) is 5.69 Å². The minimum Gasteiger partial charge on any atom is -0.436 e. The Bertz CT molecular complexity index is 862. The Balaban J connectivity index is 1.75. The molecule has 1 saturated carbocycles. The van der Waals surface area contributed by atoms with Gasteiger partial charge >= 0.3 is 0 Å². The quantitative estimate of drug-likeness (QED) is 0.789. The summed E-state index contributed by atoms with van der Waals surface area (Å²) in [4.78, 5) is 16.5. The zero-order valence-corrected chi connectivity index (χ0v) is 12.3. The van der Waals surface area contributed by atoms with Gasteiger partial charge in [-0.3, -0.25) is 4.79 Å². The molecule has 22 heavy (non-hydrogen) atoms. The average Bonchev–Trinajstić information content (AvgIpc) is 3.28. The molecule has 0 saturated heterocycles. The molecule has 1 amide bonds. The predicted octanol–water partition coefficient (Wildman–Crippen LogP) is 4.15. The fraction of sp³-hybridized carbons (Fsp3) is 0.222. The average molecular weight is 292 g/mol. The van der Waals surface area contributed by atoms with Crippen LogP contribution in [-0.2, 0) is 4.79 Å². The van der Waals surface area contributed by atoms with Gasteiger partial charge in [0, 0.05) is 5.92 Å². The summed E-state index contributed by atoms with van der Waals surface area (Å²) in [6, 6.07) is 13.5. The van der Waals surface area contributed by atoms with Crippen LogP contribution in [0.5, 0.6) is 0 Å². The molecule has 4 rings (SSSR count). The summed E-state index contributed by atoms with van der Waals surface area (Å²) in [7, 11) is 0. The number of rotatable bonds is 3. The maximum Gasteiger partial charge on any atom is 0.229 e. The lowest BCUT2D eigenvalue weighted by Crippen LogP contribution is -2.13. The van der Waals surface area contributed by atoms with Gasteiger partial charge in [0.05, 0.1) is 11.3 Å². The second kappa shape index (κ2) is 4.98. The molecule has 2 aromatic carbocycles. The van der Waals surface area contributed by atoms with E-state index in [-0.39, 0.29) is 11.8 Å². The lowest BCUT2D eigenvalue weighted by molar-refractivity contribution is -0.117. The number of para-hydroxylation sites is 1. The van der Waals surface area contributed by atoms with Gasteiger partial charge in [-0.1, -0.05) is 18.2 Å². The zero-order valence-electron chi connectivity index (χ0n) is 12.3. The minimum absolute atomic E-state index is 0.0828. The third-order valence-corrected chi connectivity index (χ3v) is 3.91. The van der Waals surface area contributed by atoms with Gasteiger partial charge in [0.2, 0.25) is 11.8 Å². The molecular formula is C18H16N2O2. The number of anilines is 1. The number of carbonyl (C=O) groups is 1. The molecule has 0 atom stereocenters. The Kier molecular flexibility index (Phi) is 2.96. The van der Waals surface area contributed by atoms with E-state index in [1.807, 2.05) is 49.4 Å². The van der Waals surface area contributed by atoms with Crippen molar-refractivity contribution in [1.29, 1.82) is 0 Å². The highest BCUT2D eigenvalue weighted by molar-refractivity contribution is 5.97. The van der Waals surface area contributed by atoms with Crippen molar-refractivity contribution >= 4 is 22.7 Å². The van der Waals surface area contributed by atoms with Crippen molar-refractivity contribution in [3.8, 4) is 11.5 Å². The summed E-state index contributed by atoms with van der Waals surface area (Å²) >= 11 is 0. The van der Waals surface area contributed by atoms with Crippen molar-refractivity contribution in [3.63, 3.8) is 0 Å². The summed E-state index contributed by atoms with van der Waals surface area (Å²) in [6.45, 7) is 2.02. The highest BCUT2D eigenvalue weighted by atomic mass is 16.3. The Morgan fingerprint density at radius 2 is 2.05 bits per heavy atom. The van der Waals surface area contributed by atoms with Gasteiger partial charge < -0.3 is 9.73 Å². The van der Waals surface area contributed by atoms with E-state index < -0.39 is 0 Å². The molecule has 1 aliphatic rings. The van der Waals surface area contributed by atoms with Crippen molar-refractivity contribution in [3.05, 3.63) is 48.0 Å². The number of fused-ring (bicyclic) bond motifs is 1. The number of benzene rings is 2. The molecule has 0 radical (unpaired) electrons. The van der Waals surface area contributed by atoms with Crippen LogP contribution in [0.1, 0.15) is 18.4 Å². The van der Waals surface area contributed by atoms with E-state index in [0.717, 1.165) is 40.8 Å². The SMILES string of the molecule is Cc1ccc2nc(-c3ccccc3NC(=O)C3CC3)oc2c1. The zero-order chi connectivity index (χ0) is 15.1. The smallest absolute Gasteiger partial charge is 0.229 e. The Morgan fingerprint density at radius 3 is 2.86 bits per heavy atom. The third-order valence-electron chi connectivity index (χ3n) is 3.91. The van der Waals surface area contributed by atoms with Crippen LogP contribution in [0, 0.1) is 12.8 Å². The Hall–Kier alpha value is -2.62. The van der Waals surface area contributed by atoms with E-state index in [1.165, 1.54) is 0 Å². The molecule has 110 valence electrons. The lowest BCUT2D eigenvalue weighted by Gasteiger charge is -2.07. The van der Waals surface area contributed by atoms with Gasteiger partial charge in [-0.2, -0.15) is 0 Å². The lowest BCUT2D eigenvalue weighted by atomic mass is 10.1. The Morgan fingerprint density at radius 1 is 1.23 bits per heavy atom. The van der Waals surface area contributed by atoms with Gasteiger partial charge in [0.15, 0.2) is 5.58 Å². The van der Waals surface area contributed by atoms with Crippen LogP contribution in [0.3, 0.4) is 0 Å². The number of amides is 1. The van der Waals surface area contributed by atoms with E-state index in [1.54, 1.807) is 0 Å². The fourth-order valence-electron chi connectivity index (χ4n) is 2.51. The monoisotopic (exact) mass is 292 g/mol.